The average molecular weight is 393 g/mol. The molecule has 150 valence electrons. The van der Waals surface area contributed by atoms with E-state index in [4.69, 9.17) is 10.1 Å². The van der Waals surface area contributed by atoms with Crippen molar-refractivity contribution in [3.05, 3.63) is 24.4 Å². The number of hydrazone groups is 1. The van der Waals surface area contributed by atoms with Crippen LogP contribution in [0, 0.1) is 5.41 Å². The molecule has 9 heteroatoms. The lowest BCUT2D eigenvalue weighted by Gasteiger charge is -2.37. The molecule has 2 spiro atoms. The highest BCUT2D eigenvalue weighted by atomic mass is 16.5. The quantitative estimate of drug-likeness (QED) is 0.438. The summed E-state index contributed by atoms with van der Waals surface area (Å²) in [4.78, 5) is 4.23. The van der Waals surface area contributed by atoms with Crippen LogP contribution >= 0.6 is 0 Å². The van der Waals surface area contributed by atoms with Crippen molar-refractivity contribution in [2.45, 2.75) is 55.7 Å². The summed E-state index contributed by atoms with van der Waals surface area (Å²) < 4.78 is 6.16. The smallest absolute Gasteiger partial charge is 0.233 e. The molecule has 4 N–H and O–H groups in total. The number of aromatic hydroxyl groups is 1. The van der Waals surface area contributed by atoms with Crippen molar-refractivity contribution in [2.24, 2.45) is 5.10 Å². The van der Waals surface area contributed by atoms with Crippen molar-refractivity contribution >= 4 is 18.1 Å². The number of hydrogen-bond acceptors (Lipinski definition) is 9. The molecule has 0 bridgehead atoms. The molecular formula is C20H23N7O2. The van der Waals surface area contributed by atoms with Crippen LogP contribution in [0.5, 0.6) is 11.6 Å². The van der Waals surface area contributed by atoms with E-state index in [-0.39, 0.29) is 11.9 Å². The van der Waals surface area contributed by atoms with E-state index < -0.39 is 0 Å². The van der Waals surface area contributed by atoms with Gasteiger partial charge in [0.2, 0.25) is 5.88 Å². The molecule has 9 nitrogen and oxygen atoms in total. The second-order valence-electron chi connectivity index (χ2n) is 8.24. The molecule has 1 saturated heterocycles. The summed E-state index contributed by atoms with van der Waals surface area (Å²) in [5.74, 6) is 0.471. The van der Waals surface area contributed by atoms with Gasteiger partial charge in [0.25, 0.3) is 0 Å². The van der Waals surface area contributed by atoms with Crippen molar-refractivity contribution in [3.8, 4) is 23.0 Å². The van der Waals surface area contributed by atoms with Gasteiger partial charge in [-0.2, -0.15) is 5.10 Å². The number of aromatic nitrogens is 3. The zero-order chi connectivity index (χ0) is 19.9. The van der Waals surface area contributed by atoms with Gasteiger partial charge in [-0.3, -0.25) is 5.43 Å². The first kappa shape index (κ1) is 18.0. The van der Waals surface area contributed by atoms with E-state index in [1.54, 1.807) is 12.1 Å². The van der Waals surface area contributed by atoms with Crippen LogP contribution in [0.3, 0.4) is 0 Å². The van der Waals surface area contributed by atoms with Crippen LogP contribution in [-0.2, 0) is 0 Å². The predicted molar refractivity (Wildman–Crippen MR) is 109 cm³/mol. The molecule has 3 heterocycles. The Kier molecular flexibility index (Phi) is 4.20. The van der Waals surface area contributed by atoms with Crippen LogP contribution in [0.4, 0.5) is 5.69 Å². The topological polar surface area (TPSA) is 128 Å². The second-order valence-corrected chi connectivity index (χ2v) is 8.24. The van der Waals surface area contributed by atoms with E-state index in [1.807, 2.05) is 0 Å². The van der Waals surface area contributed by atoms with Gasteiger partial charge in [0.05, 0.1) is 18.1 Å². The first-order valence-electron chi connectivity index (χ1n) is 9.86. The molecule has 2 aromatic heterocycles. The fourth-order valence-corrected chi connectivity index (χ4v) is 4.19. The fourth-order valence-electron chi connectivity index (χ4n) is 4.19. The van der Waals surface area contributed by atoms with E-state index in [0.717, 1.165) is 19.1 Å². The third-order valence-electron chi connectivity index (χ3n) is 5.85. The number of ether oxygens (including phenoxy) is 1. The molecule has 0 aromatic carbocycles. The van der Waals surface area contributed by atoms with Gasteiger partial charge in [-0.05, 0) is 31.7 Å². The number of rotatable bonds is 6. The summed E-state index contributed by atoms with van der Waals surface area (Å²) in [5, 5.41) is 33.2. The molecule has 0 unspecified atom stereocenters. The summed E-state index contributed by atoms with van der Waals surface area (Å²) >= 11 is 0. The highest BCUT2D eigenvalue weighted by Gasteiger charge is 2.59. The molecule has 29 heavy (non-hydrogen) atoms. The average Bonchev–Trinajstić information content (AvgIpc) is 3.63. The van der Waals surface area contributed by atoms with Crippen molar-refractivity contribution in [1.29, 1.82) is 5.41 Å². The Labute approximate surface area is 168 Å². The van der Waals surface area contributed by atoms with Crippen LogP contribution in [0.25, 0.3) is 11.4 Å². The Morgan fingerprint density at radius 3 is 2.55 bits per heavy atom. The number of pyridine rings is 1. The lowest BCUT2D eigenvalue weighted by Crippen LogP contribution is -2.52. The van der Waals surface area contributed by atoms with E-state index >= 15 is 0 Å². The maximum Gasteiger partial charge on any atom is 0.233 e. The van der Waals surface area contributed by atoms with Gasteiger partial charge in [-0.1, -0.05) is 0 Å². The van der Waals surface area contributed by atoms with Gasteiger partial charge >= 0.3 is 0 Å². The van der Waals surface area contributed by atoms with Gasteiger partial charge in [-0.15, -0.1) is 10.2 Å². The number of anilines is 1. The number of nitrogens with one attached hydrogen (secondary N) is 3. The van der Waals surface area contributed by atoms with Crippen LogP contribution in [-0.4, -0.2) is 49.9 Å². The summed E-state index contributed by atoms with van der Waals surface area (Å²) in [6, 6.07) is 5.03. The van der Waals surface area contributed by atoms with Crippen molar-refractivity contribution in [2.75, 3.05) is 5.43 Å². The monoisotopic (exact) mass is 393 g/mol. The van der Waals surface area contributed by atoms with Crippen LogP contribution in [0.15, 0.2) is 29.5 Å². The molecule has 5 rings (SSSR count). The van der Waals surface area contributed by atoms with Crippen molar-refractivity contribution < 1.29 is 9.84 Å². The van der Waals surface area contributed by atoms with Gasteiger partial charge in [0.15, 0.2) is 0 Å². The first-order chi connectivity index (χ1) is 14.1. The number of nitrogens with zero attached hydrogens (tertiary/aromatic N) is 4. The third kappa shape index (κ3) is 3.77. The maximum atomic E-state index is 10.3. The summed E-state index contributed by atoms with van der Waals surface area (Å²) in [6.45, 7) is 0. The fraction of sp³-hybridized carbons (Fsp3) is 0.450. The molecule has 2 saturated carbocycles. The maximum absolute atomic E-state index is 10.3. The van der Waals surface area contributed by atoms with Gasteiger partial charge in [0.1, 0.15) is 23.2 Å². The largest absolute Gasteiger partial charge is 0.506 e. The third-order valence-corrected chi connectivity index (χ3v) is 5.85. The lowest BCUT2D eigenvalue weighted by atomic mass is 9.92. The zero-order valence-corrected chi connectivity index (χ0v) is 15.9. The SMILES string of the molecule is N=C/C=N\Nc1cnc(-c2ccc(OC3CC4(CC4)NC4(CC4)C3)nn2)c(O)c1. The predicted octanol–water partition coefficient (Wildman–Crippen LogP) is 2.49. The molecule has 3 fully saturated rings. The Balaban J connectivity index is 1.27. The van der Waals surface area contributed by atoms with Gasteiger partial charge < -0.3 is 20.6 Å². The van der Waals surface area contributed by atoms with Crippen molar-refractivity contribution in [1.82, 2.24) is 20.5 Å². The summed E-state index contributed by atoms with van der Waals surface area (Å²) in [6.07, 6.45) is 11.0. The van der Waals surface area contributed by atoms with Gasteiger partial charge in [0, 0.05) is 42.3 Å². The van der Waals surface area contributed by atoms with E-state index in [0.29, 0.717) is 34.0 Å². The Morgan fingerprint density at radius 2 is 1.97 bits per heavy atom. The van der Waals surface area contributed by atoms with Gasteiger partial charge in [-0.25, -0.2) is 4.98 Å². The lowest BCUT2D eigenvalue weighted by molar-refractivity contribution is 0.0951. The molecule has 0 radical (unpaired) electrons. The Hall–Kier alpha value is -3.07. The molecule has 0 amide bonds. The minimum absolute atomic E-state index is 0.0345. The molecule has 2 aliphatic carbocycles. The molecular weight excluding hydrogens is 370 g/mol. The highest BCUT2D eigenvalue weighted by molar-refractivity contribution is 6.14. The normalized spacial score (nSPS) is 23.2. The van der Waals surface area contributed by atoms with Crippen LogP contribution in [0.2, 0.25) is 0 Å². The minimum atomic E-state index is -0.0345. The van der Waals surface area contributed by atoms with E-state index in [9.17, 15) is 5.11 Å². The highest BCUT2D eigenvalue weighted by Crippen LogP contribution is 2.53. The summed E-state index contributed by atoms with van der Waals surface area (Å²) in [7, 11) is 0. The number of hydrogen-bond donors (Lipinski definition) is 4. The second kappa shape index (κ2) is 6.77. The molecule has 2 aromatic rings. The Bertz CT molecular complexity index is 932. The number of piperidine rings is 1. The first-order valence-corrected chi connectivity index (χ1v) is 9.86. The summed E-state index contributed by atoms with van der Waals surface area (Å²) in [5.41, 5.74) is 4.57. The van der Waals surface area contributed by atoms with Crippen molar-refractivity contribution in [3.63, 3.8) is 0 Å². The van der Waals surface area contributed by atoms with E-state index in [1.165, 1.54) is 44.2 Å². The minimum Gasteiger partial charge on any atom is -0.506 e. The van der Waals surface area contributed by atoms with E-state index in [2.05, 4.69) is 31.0 Å². The standard InChI is InChI=1S/C20H23N7O2/c21-7-8-23-24-13-9-16(28)18(22-12-13)15-1-2-17(26-25-15)29-14-10-19(3-4-19)27-20(11-14)5-6-20/h1-2,7-9,12,14,21,24,27-28H,3-6,10-11H2/b21-7?,23-8-. The zero-order valence-electron chi connectivity index (χ0n) is 15.9. The molecule has 3 aliphatic rings. The molecule has 1 aliphatic heterocycles. The Morgan fingerprint density at radius 1 is 1.21 bits per heavy atom. The van der Waals surface area contributed by atoms with Crippen LogP contribution in [0.1, 0.15) is 38.5 Å². The van der Waals surface area contributed by atoms with Crippen LogP contribution < -0.4 is 15.5 Å². The molecule has 0 atom stereocenters.